The molecule has 1 saturated heterocycles. The molecular formula is C13H20ClN3S. The highest BCUT2D eigenvalue weighted by atomic mass is 35.5. The van der Waals surface area contributed by atoms with Crippen LogP contribution in [-0.4, -0.2) is 55.3 Å². The lowest BCUT2D eigenvalue weighted by atomic mass is 10.3. The Bertz CT molecular complexity index is 392. The number of hydrogen-bond donors (Lipinski definition) is 1. The number of likely N-dealkylation sites (N-methyl/N-ethyl adjacent to an activating group) is 1. The zero-order valence-electron chi connectivity index (χ0n) is 10.7. The maximum Gasteiger partial charge on any atom is 0.0453 e. The van der Waals surface area contributed by atoms with Crippen molar-refractivity contribution in [3.63, 3.8) is 0 Å². The highest BCUT2D eigenvalue weighted by molar-refractivity contribution is 7.99. The van der Waals surface area contributed by atoms with Crippen molar-refractivity contribution >= 4 is 29.1 Å². The Labute approximate surface area is 118 Å². The van der Waals surface area contributed by atoms with Gasteiger partial charge in [-0.3, -0.25) is 4.90 Å². The van der Waals surface area contributed by atoms with Crippen molar-refractivity contribution in [3.8, 4) is 0 Å². The van der Waals surface area contributed by atoms with E-state index in [0.29, 0.717) is 0 Å². The molecule has 2 N–H and O–H groups in total. The summed E-state index contributed by atoms with van der Waals surface area (Å²) in [5.41, 5.74) is 6.75. The fourth-order valence-electron chi connectivity index (χ4n) is 1.99. The third-order valence-electron chi connectivity index (χ3n) is 3.24. The van der Waals surface area contributed by atoms with Gasteiger partial charge in [-0.15, -0.1) is 11.8 Å². The van der Waals surface area contributed by atoms with E-state index in [1.165, 1.54) is 26.2 Å². The van der Waals surface area contributed by atoms with Gasteiger partial charge in [0.05, 0.1) is 0 Å². The van der Waals surface area contributed by atoms with Gasteiger partial charge < -0.3 is 10.6 Å². The van der Waals surface area contributed by atoms with Crippen LogP contribution >= 0.6 is 23.4 Å². The van der Waals surface area contributed by atoms with Gasteiger partial charge in [0.25, 0.3) is 0 Å². The van der Waals surface area contributed by atoms with Crippen molar-refractivity contribution in [2.45, 2.75) is 4.90 Å². The predicted molar refractivity (Wildman–Crippen MR) is 80.5 cm³/mol. The van der Waals surface area contributed by atoms with Gasteiger partial charge in [0.2, 0.25) is 0 Å². The lowest BCUT2D eigenvalue weighted by molar-refractivity contribution is 0.161. The number of nitrogens with two attached hydrogens (primary N) is 1. The minimum absolute atomic E-state index is 0.756. The Morgan fingerprint density at radius 2 is 2.00 bits per heavy atom. The van der Waals surface area contributed by atoms with Crippen LogP contribution in [0.4, 0.5) is 5.69 Å². The number of benzene rings is 1. The Balaban J connectivity index is 1.76. The molecule has 1 heterocycles. The van der Waals surface area contributed by atoms with Crippen LogP contribution < -0.4 is 5.73 Å². The van der Waals surface area contributed by atoms with Crippen molar-refractivity contribution in [1.29, 1.82) is 0 Å². The molecule has 2 rings (SSSR count). The van der Waals surface area contributed by atoms with Gasteiger partial charge in [-0.2, -0.15) is 0 Å². The SMILES string of the molecule is CN1CCN(CCSc2cc(Cl)ccc2N)CC1. The third kappa shape index (κ3) is 4.05. The average molecular weight is 286 g/mol. The van der Waals surface area contributed by atoms with E-state index >= 15 is 0 Å². The van der Waals surface area contributed by atoms with Gasteiger partial charge in [-0.05, 0) is 25.2 Å². The number of halogens is 1. The topological polar surface area (TPSA) is 32.5 Å². The van der Waals surface area contributed by atoms with Crippen molar-refractivity contribution in [2.75, 3.05) is 51.3 Å². The summed E-state index contributed by atoms with van der Waals surface area (Å²) in [5, 5.41) is 0.756. The van der Waals surface area contributed by atoms with Crippen molar-refractivity contribution in [2.24, 2.45) is 0 Å². The zero-order chi connectivity index (χ0) is 13.0. The number of nitrogens with zero attached hydrogens (tertiary/aromatic N) is 2. The molecule has 0 aliphatic carbocycles. The first-order chi connectivity index (χ1) is 8.65. The van der Waals surface area contributed by atoms with E-state index in [0.717, 1.165) is 27.9 Å². The van der Waals surface area contributed by atoms with Crippen LogP contribution in [0.2, 0.25) is 5.02 Å². The third-order valence-corrected chi connectivity index (χ3v) is 4.52. The van der Waals surface area contributed by atoms with Crippen LogP contribution in [0, 0.1) is 0 Å². The van der Waals surface area contributed by atoms with Crippen LogP contribution in [-0.2, 0) is 0 Å². The van der Waals surface area contributed by atoms with E-state index in [9.17, 15) is 0 Å². The lowest BCUT2D eigenvalue weighted by Gasteiger charge is -2.32. The standard InChI is InChI=1S/C13H20ClN3S/c1-16-4-6-17(7-5-16)8-9-18-13-10-11(14)2-3-12(13)15/h2-3,10H,4-9,15H2,1H3. The van der Waals surface area contributed by atoms with Crippen molar-refractivity contribution in [3.05, 3.63) is 23.2 Å². The molecule has 1 aromatic rings. The minimum Gasteiger partial charge on any atom is -0.398 e. The fraction of sp³-hybridized carbons (Fsp3) is 0.538. The average Bonchev–Trinajstić information content (AvgIpc) is 2.36. The number of nitrogen functional groups attached to an aromatic ring is 1. The van der Waals surface area contributed by atoms with Crippen LogP contribution in [0.15, 0.2) is 23.1 Å². The number of rotatable bonds is 4. The van der Waals surface area contributed by atoms with Crippen LogP contribution in [0.25, 0.3) is 0 Å². The van der Waals surface area contributed by atoms with Crippen molar-refractivity contribution < 1.29 is 0 Å². The number of hydrogen-bond acceptors (Lipinski definition) is 4. The molecular weight excluding hydrogens is 266 g/mol. The molecule has 1 aromatic carbocycles. The number of thioether (sulfide) groups is 1. The summed E-state index contributed by atoms with van der Waals surface area (Å²) in [7, 11) is 2.18. The second-order valence-corrected chi connectivity index (χ2v) is 6.25. The van der Waals surface area contributed by atoms with E-state index in [1.54, 1.807) is 11.8 Å². The summed E-state index contributed by atoms with van der Waals surface area (Å²) in [6.45, 7) is 5.79. The summed E-state index contributed by atoms with van der Waals surface area (Å²) in [6.07, 6.45) is 0. The number of anilines is 1. The molecule has 5 heteroatoms. The molecule has 0 unspecified atom stereocenters. The molecule has 0 bridgehead atoms. The molecule has 0 aromatic heterocycles. The summed E-state index contributed by atoms with van der Waals surface area (Å²) >= 11 is 7.77. The molecule has 0 saturated carbocycles. The van der Waals surface area contributed by atoms with Crippen LogP contribution in [0.3, 0.4) is 0 Å². The fourth-order valence-corrected chi connectivity index (χ4v) is 3.24. The molecule has 3 nitrogen and oxygen atoms in total. The Kier molecular flexibility index (Phi) is 5.18. The van der Waals surface area contributed by atoms with Gasteiger partial charge >= 0.3 is 0 Å². The van der Waals surface area contributed by atoms with Crippen LogP contribution in [0.1, 0.15) is 0 Å². The quantitative estimate of drug-likeness (QED) is 0.679. The first kappa shape index (κ1) is 14.0. The largest absolute Gasteiger partial charge is 0.398 e. The summed E-state index contributed by atoms with van der Waals surface area (Å²) in [5.74, 6) is 1.06. The van der Waals surface area contributed by atoms with Crippen molar-refractivity contribution in [1.82, 2.24) is 9.80 Å². The molecule has 1 aliphatic heterocycles. The normalized spacial score (nSPS) is 18.1. The molecule has 0 radical (unpaired) electrons. The maximum absolute atomic E-state index is 5.98. The van der Waals surface area contributed by atoms with Gasteiger partial charge in [0.1, 0.15) is 0 Å². The van der Waals surface area contributed by atoms with E-state index in [4.69, 9.17) is 17.3 Å². The van der Waals surface area contributed by atoms with Crippen LogP contribution in [0.5, 0.6) is 0 Å². The smallest absolute Gasteiger partial charge is 0.0453 e. The molecule has 0 amide bonds. The highest BCUT2D eigenvalue weighted by Gasteiger charge is 2.13. The first-order valence-electron chi connectivity index (χ1n) is 6.24. The lowest BCUT2D eigenvalue weighted by Crippen LogP contribution is -2.45. The Morgan fingerprint density at radius 3 is 2.72 bits per heavy atom. The van der Waals surface area contributed by atoms with Gasteiger partial charge in [-0.1, -0.05) is 11.6 Å². The molecule has 0 atom stereocenters. The van der Waals surface area contributed by atoms with E-state index in [-0.39, 0.29) is 0 Å². The van der Waals surface area contributed by atoms with E-state index in [2.05, 4.69) is 16.8 Å². The summed E-state index contributed by atoms with van der Waals surface area (Å²) in [6, 6.07) is 5.66. The summed E-state index contributed by atoms with van der Waals surface area (Å²) < 4.78 is 0. The van der Waals surface area contributed by atoms with E-state index < -0.39 is 0 Å². The summed E-state index contributed by atoms with van der Waals surface area (Å²) in [4.78, 5) is 5.98. The second-order valence-electron chi connectivity index (χ2n) is 4.68. The Morgan fingerprint density at radius 1 is 1.28 bits per heavy atom. The predicted octanol–water partition coefficient (Wildman–Crippen LogP) is 2.26. The van der Waals surface area contributed by atoms with E-state index in [1.807, 2.05) is 18.2 Å². The molecule has 18 heavy (non-hydrogen) atoms. The second kappa shape index (κ2) is 6.66. The molecule has 100 valence electrons. The van der Waals surface area contributed by atoms with Gasteiger partial charge in [0.15, 0.2) is 0 Å². The number of piperazine rings is 1. The monoisotopic (exact) mass is 285 g/mol. The maximum atomic E-state index is 5.98. The molecule has 0 spiro atoms. The minimum atomic E-state index is 0.756. The Hall–Kier alpha value is -0.420. The van der Waals surface area contributed by atoms with Gasteiger partial charge in [0, 0.05) is 54.1 Å². The first-order valence-corrected chi connectivity index (χ1v) is 7.60. The highest BCUT2D eigenvalue weighted by Crippen LogP contribution is 2.27. The molecule has 1 fully saturated rings. The van der Waals surface area contributed by atoms with Gasteiger partial charge in [-0.25, -0.2) is 0 Å². The molecule has 1 aliphatic rings. The zero-order valence-corrected chi connectivity index (χ0v) is 12.3.